The molecule has 0 aromatic carbocycles. The number of hydrogen-bond acceptors (Lipinski definition) is 3. The van der Waals surface area contributed by atoms with Gasteiger partial charge in [-0.25, -0.2) is 9.97 Å². The molecule has 5 rings (SSSR count). The molecule has 0 fully saturated rings. The molecular formula is C33H40N4O. The van der Waals surface area contributed by atoms with Crippen LogP contribution in [0.1, 0.15) is 105 Å². The molecule has 5 heterocycles. The van der Waals surface area contributed by atoms with Gasteiger partial charge in [0, 0.05) is 27.6 Å². The van der Waals surface area contributed by atoms with Gasteiger partial charge in [0.25, 0.3) is 0 Å². The summed E-state index contributed by atoms with van der Waals surface area (Å²) in [5.74, 6) is 0. The molecule has 0 saturated carbocycles. The number of fused-ring (bicyclic) bond motifs is 8. The standard InChI is InChI=1S/C33H40N4O/c1-9-21-18(6)27-14-31-23(11-3)20(8)32(37-31)25(16-38)33-24(12-4)19(7)28(36-33)15-30-22(10-2)17(5)26(34-30)13-29(21)35-27/h13-15,34-35,38H,9-12,16H2,1-8H3. The lowest BCUT2D eigenvalue weighted by Gasteiger charge is -2.08. The first-order valence-electron chi connectivity index (χ1n) is 14.0. The van der Waals surface area contributed by atoms with Crippen LogP contribution in [0.2, 0.25) is 0 Å². The quantitative estimate of drug-likeness (QED) is 0.325. The van der Waals surface area contributed by atoms with Crippen LogP contribution in [0, 0.1) is 13.8 Å². The topological polar surface area (TPSA) is 77.6 Å². The van der Waals surface area contributed by atoms with Gasteiger partial charge in [0.1, 0.15) is 0 Å². The third-order valence-corrected chi connectivity index (χ3v) is 8.60. The fourth-order valence-electron chi connectivity index (χ4n) is 6.38. The van der Waals surface area contributed by atoms with E-state index in [2.05, 4.69) is 83.6 Å². The van der Waals surface area contributed by atoms with E-state index in [-0.39, 0.29) is 6.61 Å². The zero-order chi connectivity index (χ0) is 27.3. The van der Waals surface area contributed by atoms with Crippen molar-refractivity contribution in [1.29, 1.82) is 0 Å². The van der Waals surface area contributed by atoms with Crippen LogP contribution in [0.4, 0.5) is 0 Å². The van der Waals surface area contributed by atoms with Crippen molar-refractivity contribution in [3.8, 4) is 0 Å². The summed E-state index contributed by atoms with van der Waals surface area (Å²) in [7, 11) is 0. The highest BCUT2D eigenvalue weighted by Crippen LogP contribution is 2.39. The van der Waals surface area contributed by atoms with Gasteiger partial charge < -0.3 is 15.1 Å². The predicted molar refractivity (Wildman–Crippen MR) is 161 cm³/mol. The second kappa shape index (κ2) is 10.0. The van der Waals surface area contributed by atoms with Crippen LogP contribution in [0.3, 0.4) is 0 Å². The lowest BCUT2D eigenvalue weighted by molar-refractivity contribution is 0.280. The first-order chi connectivity index (χ1) is 18.3. The Labute approximate surface area is 225 Å². The zero-order valence-electron chi connectivity index (χ0n) is 24.1. The molecule has 3 aromatic rings. The van der Waals surface area contributed by atoms with Gasteiger partial charge in [0.15, 0.2) is 0 Å². The van der Waals surface area contributed by atoms with E-state index in [1.54, 1.807) is 0 Å². The first-order valence-corrected chi connectivity index (χ1v) is 14.0. The molecule has 8 bridgehead atoms. The number of aliphatic hydroxyl groups excluding tert-OH is 1. The maximum Gasteiger partial charge on any atom is 0.0749 e. The Balaban J connectivity index is 2.05. The highest BCUT2D eigenvalue weighted by atomic mass is 16.3. The van der Waals surface area contributed by atoms with Gasteiger partial charge in [-0.3, -0.25) is 0 Å². The third-order valence-electron chi connectivity index (χ3n) is 8.60. The number of allylic oxidation sites excluding steroid dienone is 4. The summed E-state index contributed by atoms with van der Waals surface area (Å²) in [5, 5.41) is 10.7. The van der Waals surface area contributed by atoms with Crippen molar-refractivity contribution in [1.82, 2.24) is 19.9 Å². The number of aliphatic hydroxyl groups is 1. The molecular weight excluding hydrogens is 468 g/mol. The zero-order valence-corrected chi connectivity index (χ0v) is 24.1. The molecule has 198 valence electrons. The van der Waals surface area contributed by atoms with E-state index >= 15 is 0 Å². The molecule has 2 aliphatic rings. The molecule has 5 heteroatoms. The summed E-state index contributed by atoms with van der Waals surface area (Å²) in [6.07, 6.45) is 3.60. The molecule has 0 radical (unpaired) electrons. The van der Waals surface area contributed by atoms with E-state index in [0.717, 1.165) is 81.7 Å². The Bertz CT molecular complexity index is 1680. The second-order valence-electron chi connectivity index (χ2n) is 10.5. The molecule has 0 atom stereocenters. The van der Waals surface area contributed by atoms with Crippen molar-refractivity contribution in [2.24, 2.45) is 0 Å². The van der Waals surface area contributed by atoms with Crippen molar-refractivity contribution < 1.29 is 5.11 Å². The summed E-state index contributed by atoms with van der Waals surface area (Å²) in [4.78, 5) is 17.7. The third kappa shape index (κ3) is 3.95. The summed E-state index contributed by atoms with van der Waals surface area (Å²) in [6, 6.07) is 6.65. The lowest BCUT2D eigenvalue weighted by Crippen LogP contribution is -1.98. The number of rotatable bonds is 5. The van der Waals surface area contributed by atoms with Gasteiger partial charge in [0.2, 0.25) is 0 Å². The Hall–Kier alpha value is -3.44. The van der Waals surface area contributed by atoms with Crippen LogP contribution in [0.5, 0.6) is 0 Å². The molecule has 0 saturated heterocycles. The minimum atomic E-state index is -0.101. The van der Waals surface area contributed by atoms with Gasteiger partial charge in [-0.05, 0) is 116 Å². The number of H-pyrrole nitrogens is 2. The normalized spacial score (nSPS) is 13.7. The van der Waals surface area contributed by atoms with Gasteiger partial charge in [-0.1, -0.05) is 27.7 Å². The van der Waals surface area contributed by atoms with E-state index < -0.39 is 0 Å². The average molecular weight is 509 g/mol. The Morgan fingerprint density at radius 1 is 0.579 bits per heavy atom. The Kier molecular flexibility index (Phi) is 6.91. The van der Waals surface area contributed by atoms with Crippen LogP contribution >= 0.6 is 0 Å². The lowest BCUT2D eigenvalue weighted by atomic mass is 9.97. The van der Waals surface area contributed by atoms with Crippen molar-refractivity contribution in [2.75, 3.05) is 0 Å². The van der Waals surface area contributed by atoms with E-state index in [0.29, 0.717) is 0 Å². The summed E-state index contributed by atoms with van der Waals surface area (Å²) in [6.45, 7) is 17.4. The largest absolute Gasteiger partial charge is 0.392 e. The van der Waals surface area contributed by atoms with Crippen LogP contribution < -0.4 is 0 Å². The summed E-state index contributed by atoms with van der Waals surface area (Å²) < 4.78 is 0. The summed E-state index contributed by atoms with van der Waals surface area (Å²) in [5.41, 5.74) is 18.8. The number of aromatic nitrogens is 4. The van der Waals surface area contributed by atoms with Gasteiger partial charge in [-0.2, -0.15) is 0 Å². The Morgan fingerprint density at radius 2 is 1.11 bits per heavy atom. The van der Waals surface area contributed by atoms with E-state index in [4.69, 9.17) is 9.97 Å². The molecule has 38 heavy (non-hydrogen) atoms. The Morgan fingerprint density at radius 3 is 1.66 bits per heavy atom. The SMILES string of the molecule is CCC1=C(C)c2nc1cc1[nH]c(cc3[nH]c(cc4nc(c2CO)C(CC)=C4C)c(CC)c3C)c(CC)c1C. The number of aryl methyl sites for hydroxylation is 4. The number of nitrogens with zero attached hydrogens (tertiary/aromatic N) is 2. The average Bonchev–Trinajstić information content (AvgIpc) is 3.57. The van der Waals surface area contributed by atoms with Crippen LogP contribution in [0.15, 0.2) is 18.2 Å². The molecule has 3 N–H and O–H groups in total. The van der Waals surface area contributed by atoms with Crippen LogP contribution in [0.25, 0.3) is 44.4 Å². The van der Waals surface area contributed by atoms with Gasteiger partial charge in [-0.15, -0.1) is 0 Å². The summed E-state index contributed by atoms with van der Waals surface area (Å²) >= 11 is 0. The number of aromatic amines is 2. The fraction of sp³-hybridized carbons (Fsp3) is 0.394. The molecule has 2 aliphatic heterocycles. The van der Waals surface area contributed by atoms with Crippen molar-refractivity contribution in [2.45, 2.75) is 87.7 Å². The first kappa shape index (κ1) is 26.2. The second-order valence-corrected chi connectivity index (χ2v) is 10.5. The minimum Gasteiger partial charge on any atom is -0.392 e. The fourth-order valence-corrected chi connectivity index (χ4v) is 6.38. The van der Waals surface area contributed by atoms with Crippen LogP contribution in [-0.4, -0.2) is 25.0 Å². The minimum absolute atomic E-state index is 0.101. The molecule has 0 aliphatic carbocycles. The van der Waals surface area contributed by atoms with Crippen molar-refractivity contribution >= 4 is 44.4 Å². The van der Waals surface area contributed by atoms with Crippen molar-refractivity contribution in [3.05, 3.63) is 68.8 Å². The smallest absolute Gasteiger partial charge is 0.0749 e. The van der Waals surface area contributed by atoms with Crippen LogP contribution in [-0.2, 0) is 19.4 Å². The molecule has 5 nitrogen and oxygen atoms in total. The van der Waals surface area contributed by atoms with E-state index in [9.17, 15) is 5.11 Å². The highest BCUT2D eigenvalue weighted by Gasteiger charge is 2.25. The van der Waals surface area contributed by atoms with E-state index in [1.165, 1.54) is 39.0 Å². The maximum atomic E-state index is 10.7. The van der Waals surface area contributed by atoms with Gasteiger partial charge >= 0.3 is 0 Å². The maximum absolute atomic E-state index is 10.7. The number of nitrogens with one attached hydrogen (secondary N) is 2. The monoisotopic (exact) mass is 508 g/mol. The predicted octanol–water partition coefficient (Wildman–Crippen LogP) is 8.23. The molecule has 0 unspecified atom stereocenters. The number of hydrogen-bond donors (Lipinski definition) is 3. The molecule has 0 amide bonds. The van der Waals surface area contributed by atoms with E-state index in [1.807, 2.05) is 0 Å². The molecule has 0 spiro atoms. The highest BCUT2D eigenvalue weighted by molar-refractivity contribution is 5.97. The van der Waals surface area contributed by atoms with Gasteiger partial charge in [0.05, 0.1) is 29.4 Å². The van der Waals surface area contributed by atoms with Crippen molar-refractivity contribution in [3.63, 3.8) is 0 Å². The molecule has 3 aromatic heterocycles.